The average Bonchev–Trinajstić information content (AvgIpc) is 1.96. The summed E-state index contributed by atoms with van der Waals surface area (Å²) in [4.78, 5) is 0. The van der Waals surface area contributed by atoms with E-state index in [-0.39, 0.29) is 24.8 Å². The molecule has 2 N–H and O–H groups in total. The smallest absolute Gasteiger partial charge is 0.151 e. The molecule has 0 saturated heterocycles. The lowest BCUT2D eigenvalue weighted by atomic mass is 10.1. The van der Waals surface area contributed by atoms with Crippen molar-refractivity contribution in [2.24, 2.45) is 0 Å². The number of hydrogen-bond acceptors (Lipinski definition) is 2. The van der Waals surface area contributed by atoms with Gasteiger partial charge in [0.05, 0.1) is 0 Å². The molecule has 0 aromatic rings. The first-order valence-electron chi connectivity index (χ1n) is 4.63. The summed E-state index contributed by atoms with van der Waals surface area (Å²) in [6, 6.07) is 0. The van der Waals surface area contributed by atoms with Gasteiger partial charge in [-0.15, -0.1) is 24.8 Å². The van der Waals surface area contributed by atoms with Crippen molar-refractivity contribution in [2.75, 3.05) is 0 Å². The number of aliphatic hydroxyl groups excluding tert-OH is 1. The van der Waals surface area contributed by atoms with Crippen molar-refractivity contribution in [1.82, 2.24) is 0 Å². The fourth-order valence-electron chi connectivity index (χ4n) is 1.11. The molecule has 0 fully saturated rings. The van der Waals surface area contributed by atoms with Crippen molar-refractivity contribution in [3.63, 3.8) is 0 Å². The number of aliphatic hydroxyl groups is 2. The maximum Gasteiger partial charge on any atom is 0.151 e. The van der Waals surface area contributed by atoms with E-state index in [2.05, 4.69) is 6.92 Å². The lowest BCUT2D eigenvalue weighted by molar-refractivity contribution is -0.0466. The number of halogens is 2. The Bertz CT molecular complexity index is 80.0. The Hall–Kier alpha value is 0.500. The first-order chi connectivity index (χ1) is 5.27. The summed E-state index contributed by atoms with van der Waals surface area (Å²) in [5.41, 5.74) is 0. The largest absolute Gasteiger partial charge is 0.368 e. The molecule has 0 spiro atoms. The molecule has 2 nitrogen and oxygen atoms in total. The predicted octanol–water partition coefficient (Wildman–Crippen LogP) is 2.89. The zero-order valence-corrected chi connectivity index (χ0v) is 9.87. The van der Waals surface area contributed by atoms with Crippen molar-refractivity contribution in [1.29, 1.82) is 0 Å². The zero-order chi connectivity index (χ0) is 8.53. The molecule has 0 aliphatic heterocycles. The van der Waals surface area contributed by atoms with E-state index in [1.54, 1.807) is 0 Å². The molecule has 0 bridgehead atoms. The summed E-state index contributed by atoms with van der Waals surface area (Å²) < 4.78 is 0. The van der Waals surface area contributed by atoms with Gasteiger partial charge in [-0.25, -0.2) is 0 Å². The summed E-state index contributed by atoms with van der Waals surface area (Å²) in [6.45, 7) is 2.19. The standard InChI is InChI=1S/C9H20O2.2ClH/c1-2-3-4-5-6-7-8-9(10)11;;/h9-11H,2-8H2,1H3;2*1H. The lowest BCUT2D eigenvalue weighted by Crippen LogP contribution is -2.02. The van der Waals surface area contributed by atoms with Gasteiger partial charge in [0.2, 0.25) is 0 Å². The van der Waals surface area contributed by atoms with Crippen LogP contribution in [-0.2, 0) is 0 Å². The minimum atomic E-state index is -1.10. The number of rotatable bonds is 7. The van der Waals surface area contributed by atoms with Crippen LogP contribution in [-0.4, -0.2) is 16.5 Å². The highest BCUT2D eigenvalue weighted by molar-refractivity contribution is 5.85. The second kappa shape index (κ2) is 15.0. The average molecular weight is 233 g/mol. The summed E-state index contributed by atoms with van der Waals surface area (Å²) >= 11 is 0. The molecule has 0 rings (SSSR count). The molecule has 0 amide bonds. The van der Waals surface area contributed by atoms with Gasteiger partial charge in [0.15, 0.2) is 6.29 Å². The van der Waals surface area contributed by atoms with E-state index in [0.717, 1.165) is 12.8 Å². The Labute approximate surface area is 93.6 Å². The molecule has 0 aliphatic carbocycles. The number of unbranched alkanes of at least 4 members (excludes halogenated alkanes) is 5. The van der Waals surface area contributed by atoms with E-state index in [1.807, 2.05) is 0 Å². The third-order valence-corrected chi connectivity index (χ3v) is 1.82. The highest BCUT2D eigenvalue weighted by atomic mass is 35.5. The van der Waals surface area contributed by atoms with Crippen molar-refractivity contribution in [3.8, 4) is 0 Å². The van der Waals surface area contributed by atoms with Gasteiger partial charge in [0.25, 0.3) is 0 Å². The van der Waals surface area contributed by atoms with Crippen molar-refractivity contribution in [3.05, 3.63) is 0 Å². The quantitative estimate of drug-likeness (QED) is 0.524. The minimum absolute atomic E-state index is 0. The van der Waals surface area contributed by atoms with Crippen molar-refractivity contribution in [2.45, 2.75) is 58.2 Å². The van der Waals surface area contributed by atoms with E-state index >= 15 is 0 Å². The maximum atomic E-state index is 8.51. The van der Waals surface area contributed by atoms with Crippen molar-refractivity contribution >= 4 is 24.8 Å². The maximum absolute atomic E-state index is 8.51. The van der Waals surface area contributed by atoms with E-state index in [9.17, 15) is 0 Å². The first kappa shape index (κ1) is 19.1. The van der Waals surface area contributed by atoms with E-state index in [4.69, 9.17) is 10.2 Å². The summed E-state index contributed by atoms with van der Waals surface area (Å²) in [5.74, 6) is 0. The van der Waals surface area contributed by atoms with Crippen LogP contribution in [0.4, 0.5) is 0 Å². The van der Waals surface area contributed by atoms with Gasteiger partial charge in [-0.2, -0.15) is 0 Å². The third-order valence-electron chi connectivity index (χ3n) is 1.82. The molecular weight excluding hydrogens is 211 g/mol. The Morgan fingerprint density at radius 1 is 0.846 bits per heavy atom. The van der Waals surface area contributed by atoms with Gasteiger partial charge in [-0.05, 0) is 12.8 Å². The van der Waals surface area contributed by atoms with Gasteiger partial charge in [-0.1, -0.05) is 39.0 Å². The van der Waals surface area contributed by atoms with Crippen LogP contribution < -0.4 is 0 Å². The molecule has 0 aromatic carbocycles. The number of hydrogen-bond donors (Lipinski definition) is 2. The first-order valence-corrected chi connectivity index (χ1v) is 4.63. The van der Waals surface area contributed by atoms with E-state index in [0.29, 0.717) is 6.42 Å². The van der Waals surface area contributed by atoms with Gasteiger partial charge in [0.1, 0.15) is 0 Å². The summed E-state index contributed by atoms with van der Waals surface area (Å²) in [6.07, 6.45) is 6.62. The highest BCUT2D eigenvalue weighted by Crippen LogP contribution is 2.07. The zero-order valence-electron chi connectivity index (χ0n) is 8.24. The lowest BCUT2D eigenvalue weighted by Gasteiger charge is -2.02. The fourth-order valence-corrected chi connectivity index (χ4v) is 1.11. The molecule has 0 radical (unpaired) electrons. The monoisotopic (exact) mass is 232 g/mol. The van der Waals surface area contributed by atoms with Gasteiger partial charge >= 0.3 is 0 Å². The molecule has 0 atom stereocenters. The van der Waals surface area contributed by atoms with Gasteiger partial charge in [-0.3, -0.25) is 0 Å². The van der Waals surface area contributed by atoms with Crippen LogP contribution in [0.15, 0.2) is 0 Å². The van der Waals surface area contributed by atoms with E-state index in [1.165, 1.54) is 25.7 Å². The van der Waals surface area contributed by atoms with Crippen LogP contribution in [0.25, 0.3) is 0 Å². The summed E-state index contributed by atoms with van der Waals surface area (Å²) in [7, 11) is 0. The molecule has 13 heavy (non-hydrogen) atoms. The van der Waals surface area contributed by atoms with Crippen LogP contribution in [0, 0.1) is 0 Å². The Balaban J connectivity index is -0.000000500. The highest BCUT2D eigenvalue weighted by Gasteiger charge is 1.95. The molecule has 0 aromatic heterocycles. The van der Waals surface area contributed by atoms with Crippen molar-refractivity contribution < 1.29 is 10.2 Å². The van der Waals surface area contributed by atoms with Gasteiger partial charge < -0.3 is 10.2 Å². The molecular formula is C9H22Cl2O2. The Morgan fingerprint density at radius 2 is 1.31 bits per heavy atom. The second-order valence-corrected chi connectivity index (χ2v) is 3.04. The van der Waals surface area contributed by atoms with Gasteiger partial charge in [0, 0.05) is 0 Å². The SMILES string of the molecule is CCCCCCCCC(O)O.Cl.Cl. The molecule has 0 heterocycles. The van der Waals surface area contributed by atoms with E-state index < -0.39 is 6.29 Å². The molecule has 0 unspecified atom stereocenters. The van der Waals surface area contributed by atoms with Crippen LogP contribution in [0.2, 0.25) is 0 Å². The molecule has 0 saturated carbocycles. The predicted molar refractivity (Wildman–Crippen MR) is 60.7 cm³/mol. The Morgan fingerprint density at radius 3 is 1.77 bits per heavy atom. The second-order valence-electron chi connectivity index (χ2n) is 3.04. The third kappa shape index (κ3) is 19.1. The van der Waals surface area contributed by atoms with Crippen LogP contribution in [0.1, 0.15) is 51.9 Å². The van der Waals surface area contributed by atoms with Crippen LogP contribution >= 0.6 is 24.8 Å². The van der Waals surface area contributed by atoms with Crippen LogP contribution in [0.5, 0.6) is 0 Å². The normalized spacial score (nSPS) is 9.23. The van der Waals surface area contributed by atoms with Crippen LogP contribution in [0.3, 0.4) is 0 Å². The molecule has 0 aliphatic rings. The Kier molecular flexibility index (Phi) is 22.1. The summed E-state index contributed by atoms with van der Waals surface area (Å²) in [5, 5.41) is 17.0. The fraction of sp³-hybridized carbons (Fsp3) is 1.00. The molecule has 84 valence electrons. The minimum Gasteiger partial charge on any atom is -0.368 e. The molecule has 4 heteroatoms. The topological polar surface area (TPSA) is 40.5 Å².